The van der Waals surface area contributed by atoms with E-state index in [1.54, 1.807) is 0 Å². The average molecular weight is 599 g/mol. The van der Waals surface area contributed by atoms with Gasteiger partial charge in [0.15, 0.2) is 5.82 Å². The quantitative estimate of drug-likeness (QED) is 0.272. The van der Waals surface area contributed by atoms with Crippen LogP contribution in [-0.2, 0) is 13.1 Å². The van der Waals surface area contributed by atoms with E-state index in [0.29, 0.717) is 36.4 Å². The number of carbonyl (C=O) groups excluding carboxylic acids is 2. The van der Waals surface area contributed by atoms with Crippen LogP contribution < -0.4 is 5.73 Å². The minimum Gasteiger partial charge on any atom is -0.338 e. The van der Waals surface area contributed by atoms with E-state index in [-0.39, 0.29) is 23.9 Å². The number of hydrogen-bond donors (Lipinski definition) is 1. The number of piperidine rings is 1. The Kier molecular flexibility index (Phi) is 6.17. The molecule has 4 fully saturated rings. The molecule has 0 unspecified atom stereocenters. The Labute approximate surface area is 262 Å². The van der Waals surface area contributed by atoms with Crippen molar-refractivity contribution in [1.29, 1.82) is 0 Å². The number of carbonyl (C=O) groups is 2. The molecule has 2 N–H and O–H groups in total. The summed E-state index contributed by atoms with van der Waals surface area (Å²) in [6.07, 6.45) is 4.65. The van der Waals surface area contributed by atoms with Gasteiger partial charge in [-0.05, 0) is 80.0 Å². The lowest BCUT2D eigenvalue weighted by atomic mass is 9.98. The van der Waals surface area contributed by atoms with E-state index in [9.17, 15) is 9.59 Å². The second kappa shape index (κ2) is 10.3. The molecule has 4 heterocycles. The number of benzene rings is 3. The Morgan fingerprint density at radius 1 is 0.733 bits per heavy atom. The van der Waals surface area contributed by atoms with Gasteiger partial charge in [-0.1, -0.05) is 36.4 Å². The van der Waals surface area contributed by atoms with Crippen LogP contribution in [0.4, 0.5) is 0 Å². The molecule has 8 nitrogen and oxygen atoms in total. The Hall–Kier alpha value is -4.43. The fraction of sp³-hybridized carbons (Fsp3) is 0.378. The van der Waals surface area contributed by atoms with E-state index >= 15 is 0 Å². The molecule has 2 saturated carbocycles. The van der Waals surface area contributed by atoms with E-state index in [2.05, 4.69) is 45.5 Å². The van der Waals surface area contributed by atoms with Crippen molar-refractivity contribution < 1.29 is 9.59 Å². The van der Waals surface area contributed by atoms with E-state index in [1.165, 1.54) is 23.7 Å². The lowest BCUT2D eigenvalue weighted by molar-refractivity contribution is 0.0471. The summed E-state index contributed by atoms with van der Waals surface area (Å²) >= 11 is 0. The van der Waals surface area contributed by atoms with Gasteiger partial charge in [-0.25, -0.2) is 4.98 Å². The lowest BCUT2D eigenvalue weighted by Gasteiger charge is -2.39. The van der Waals surface area contributed by atoms with Gasteiger partial charge >= 0.3 is 0 Å². The van der Waals surface area contributed by atoms with Gasteiger partial charge in [-0.3, -0.25) is 9.59 Å². The highest BCUT2D eigenvalue weighted by Gasteiger charge is 2.47. The van der Waals surface area contributed by atoms with Gasteiger partial charge in [-0.15, -0.1) is 0 Å². The molecule has 4 aliphatic rings. The molecule has 2 amide bonds. The van der Waals surface area contributed by atoms with E-state index in [0.717, 1.165) is 60.6 Å². The molecule has 8 heteroatoms. The predicted molar refractivity (Wildman–Crippen MR) is 175 cm³/mol. The molecule has 9 rings (SSSR count). The molecule has 228 valence electrons. The molecule has 2 aliphatic carbocycles. The van der Waals surface area contributed by atoms with Gasteiger partial charge < -0.3 is 24.7 Å². The van der Waals surface area contributed by atoms with E-state index < -0.39 is 0 Å². The first-order chi connectivity index (χ1) is 22.0. The van der Waals surface area contributed by atoms with Crippen LogP contribution in [0, 0.1) is 17.8 Å². The van der Waals surface area contributed by atoms with Crippen molar-refractivity contribution in [2.24, 2.45) is 23.5 Å². The molecule has 2 bridgehead atoms. The third-order valence-corrected chi connectivity index (χ3v) is 10.8. The summed E-state index contributed by atoms with van der Waals surface area (Å²) in [4.78, 5) is 36.0. The summed E-state index contributed by atoms with van der Waals surface area (Å²) in [6, 6.07) is 26.7. The first-order valence-corrected chi connectivity index (χ1v) is 16.5. The smallest absolute Gasteiger partial charge is 0.254 e. The number of fused-ring (bicyclic) bond motifs is 4. The maximum absolute atomic E-state index is 13.7. The van der Waals surface area contributed by atoms with Crippen LogP contribution in [0.2, 0.25) is 0 Å². The summed E-state index contributed by atoms with van der Waals surface area (Å²) in [5.41, 5.74) is 12.1. The number of amides is 2. The van der Waals surface area contributed by atoms with Crippen LogP contribution in [0.3, 0.4) is 0 Å². The molecule has 0 radical (unpaired) electrons. The molecular weight excluding hydrogens is 560 g/mol. The van der Waals surface area contributed by atoms with Crippen LogP contribution >= 0.6 is 0 Å². The minimum atomic E-state index is 0.0626. The highest BCUT2D eigenvalue weighted by atomic mass is 16.2. The van der Waals surface area contributed by atoms with Crippen molar-refractivity contribution in [3.8, 4) is 11.5 Å². The van der Waals surface area contributed by atoms with Crippen LogP contribution in [0.1, 0.15) is 46.4 Å². The molecule has 45 heavy (non-hydrogen) atoms. The van der Waals surface area contributed by atoms with Crippen molar-refractivity contribution in [2.75, 3.05) is 19.6 Å². The summed E-state index contributed by atoms with van der Waals surface area (Å²) in [7, 11) is 0. The van der Waals surface area contributed by atoms with Crippen molar-refractivity contribution in [3.63, 3.8) is 0 Å². The van der Waals surface area contributed by atoms with Gasteiger partial charge in [0.05, 0.1) is 16.7 Å². The van der Waals surface area contributed by atoms with Crippen LogP contribution in [0.5, 0.6) is 0 Å². The zero-order valence-electron chi connectivity index (χ0n) is 25.4. The maximum Gasteiger partial charge on any atom is 0.254 e. The van der Waals surface area contributed by atoms with Crippen molar-refractivity contribution in [3.05, 3.63) is 90.0 Å². The van der Waals surface area contributed by atoms with Crippen LogP contribution in [-0.4, -0.2) is 67.5 Å². The molecule has 5 aromatic rings. The van der Waals surface area contributed by atoms with E-state index in [1.807, 2.05) is 52.3 Å². The molecule has 3 atom stereocenters. The number of rotatable bonds is 7. The number of para-hydroxylation sites is 1. The third-order valence-electron chi connectivity index (χ3n) is 10.8. The fourth-order valence-corrected chi connectivity index (χ4v) is 8.11. The fourth-order valence-electron chi connectivity index (χ4n) is 8.11. The Morgan fingerprint density at radius 3 is 2.27 bits per heavy atom. The average Bonchev–Trinajstić information content (AvgIpc) is 3.41. The third kappa shape index (κ3) is 4.49. The molecular formula is C37H38N6O2. The summed E-state index contributed by atoms with van der Waals surface area (Å²) in [6.45, 7) is 3.92. The Morgan fingerprint density at radius 2 is 1.51 bits per heavy atom. The largest absolute Gasteiger partial charge is 0.338 e. The number of imidazole rings is 1. The SMILES string of the molecule is N[C@@H]1[C@@H]2CC[C@H]1N(C(=O)c1ccc3c(c1)nc(-c1cc4ccccc4n1CC1CC1)n3CC1CN(C(=O)c3ccccc3)C1)C2. The zero-order valence-corrected chi connectivity index (χ0v) is 25.4. The van der Waals surface area contributed by atoms with Gasteiger partial charge in [-0.2, -0.15) is 0 Å². The number of aromatic nitrogens is 3. The minimum absolute atomic E-state index is 0.0626. The topological polar surface area (TPSA) is 89.4 Å². The number of likely N-dealkylation sites (tertiary alicyclic amines) is 2. The standard InChI is InChI=1S/C37H38N6O2/c38-34-28-13-15-32(34)43(22-28)37(45)27-12-14-31-29(16-27)39-35(33-17-26-8-4-5-9-30(26)41(33)20-23-10-11-23)42(31)21-24-18-40(19-24)36(44)25-6-2-1-3-7-25/h1-9,12,14,16-17,23-24,28,32,34H,10-11,13,15,18-22,38H2/t28-,32-,34-/m1/s1. The molecule has 2 aromatic heterocycles. The monoisotopic (exact) mass is 598 g/mol. The second-order valence-electron chi connectivity index (χ2n) is 13.8. The number of hydrogen-bond acceptors (Lipinski definition) is 4. The first-order valence-electron chi connectivity index (χ1n) is 16.5. The lowest BCUT2D eigenvalue weighted by Crippen LogP contribution is -2.51. The van der Waals surface area contributed by atoms with Crippen LogP contribution in [0.15, 0.2) is 78.9 Å². The van der Waals surface area contributed by atoms with Crippen molar-refractivity contribution in [2.45, 2.75) is 50.9 Å². The van der Waals surface area contributed by atoms with Gasteiger partial charge in [0.25, 0.3) is 11.8 Å². The van der Waals surface area contributed by atoms with E-state index in [4.69, 9.17) is 10.7 Å². The second-order valence-corrected chi connectivity index (χ2v) is 13.8. The van der Waals surface area contributed by atoms with Crippen LogP contribution in [0.25, 0.3) is 33.5 Å². The number of nitrogens with two attached hydrogens (primary N) is 1. The molecule has 3 aromatic carbocycles. The number of nitrogens with zero attached hydrogens (tertiary/aromatic N) is 5. The maximum atomic E-state index is 13.7. The van der Waals surface area contributed by atoms with Gasteiger partial charge in [0.2, 0.25) is 0 Å². The first kappa shape index (κ1) is 26.9. The Balaban J connectivity index is 1.08. The Bertz CT molecular complexity index is 1950. The van der Waals surface area contributed by atoms with Gasteiger partial charge in [0.1, 0.15) is 0 Å². The highest BCUT2D eigenvalue weighted by molar-refractivity contribution is 5.99. The summed E-state index contributed by atoms with van der Waals surface area (Å²) in [5, 5.41) is 1.21. The zero-order chi connectivity index (χ0) is 30.2. The molecule has 2 saturated heterocycles. The molecule has 0 spiro atoms. The van der Waals surface area contributed by atoms with Gasteiger partial charge in [0, 0.05) is 72.8 Å². The van der Waals surface area contributed by atoms with Crippen molar-refractivity contribution in [1.82, 2.24) is 23.9 Å². The normalized spacial score (nSPS) is 22.9. The summed E-state index contributed by atoms with van der Waals surface area (Å²) < 4.78 is 4.79. The summed E-state index contributed by atoms with van der Waals surface area (Å²) in [5.74, 6) is 2.52. The highest BCUT2D eigenvalue weighted by Crippen LogP contribution is 2.39. The predicted octanol–water partition coefficient (Wildman–Crippen LogP) is 5.40. The van der Waals surface area contributed by atoms with Crippen molar-refractivity contribution >= 4 is 33.8 Å². The molecule has 2 aliphatic heterocycles.